The number of ether oxygens (including phenoxy) is 2. The first kappa shape index (κ1) is 15.6. The van der Waals surface area contributed by atoms with Gasteiger partial charge in [-0.25, -0.2) is 4.79 Å². The minimum atomic E-state index is -0.330. The highest BCUT2D eigenvalue weighted by Crippen LogP contribution is 2.27. The van der Waals surface area contributed by atoms with Gasteiger partial charge in [0.25, 0.3) is 0 Å². The maximum Gasteiger partial charge on any atom is 0.338 e. The number of esters is 1. The van der Waals surface area contributed by atoms with E-state index >= 15 is 0 Å². The summed E-state index contributed by atoms with van der Waals surface area (Å²) in [5.41, 5.74) is 2.84. The van der Waals surface area contributed by atoms with Crippen molar-refractivity contribution in [1.82, 2.24) is 0 Å². The van der Waals surface area contributed by atoms with E-state index < -0.39 is 0 Å². The Morgan fingerprint density at radius 3 is 2.62 bits per heavy atom. The maximum absolute atomic E-state index is 11.6. The van der Waals surface area contributed by atoms with Crippen molar-refractivity contribution < 1.29 is 14.3 Å². The van der Waals surface area contributed by atoms with Gasteiger partial charge in [-0.05, 0) is 59.1 Å². The Hall–Kier alpha value is -1.81. The van der Waals surface area contributed by atoms with E-state index in [1.807, 2.05) is 18.2 Å². The number of carbonyl (C=O) groups excluding carboxylic acids is 1. The minimum absolute atomic E-state index is 0.330. The molecule has 0 aromatic heterocycles. The average molecular weight is 349 g/mol. The van der Waals surface area contributed by atoms with Gasteiger partial charge < -0.3 is 9.47 Å². The van der Waals surface area contributed by atoms with Gasteiger partial charge in [0.1, 0.15) is 12.4 Å². The van der Waals surface area contributed by atoms with Crippen molar-refractivity contribution in [3.8, 4) is 5.75 Å². The molecule has 21 heavy (non-hydrogen) atoms. The summed E-state index contributed by atoms with van der Waals surface area (Å²) < 4.78 is 11.5. The molecule has 0 atom stereocenters. The Morgan fingerprint density at radius 2 is 1.95 bits per heavy atom. The molecule has 0 bridgehead atoms. The first-order chi connectivity index (χ1) is 10.1. The highest BCUT2D eigenvalue weighted by atomic mass is 79.9. The second-order valence-electron chi connectivity index (χ2n) is 4.58. The van der Waals surface area contributed by atoms with Crippen LogP contribution in [0.5, 0.6) is 5.75 Å². The summed E-state index contributed by atoms with van der Waals surface area (Å²) in [6.45, 7) is 4.69. The normalized spacial score (nSPS) is 10.2. The largest absolute Gasteiger partial charge is 0.488 e. The number of halogens is 1. The van der Waals surface area contributed by atoms with Gasteiger partial charge >= 0.3 is 5.97 Å². The van der Waals surface area contributed by atoms with Gasteiger partial charge in [0.2, 0.25) is 0 Å². The van der Waals surface area contributed by atoms with Crippen molar-refractivity contribution in [2.75, 3.05) is 6.61 Å². The smallest absolute Gasteiger partial charge is 0.338 e. The van der Waals surface area contributed by atoms with Crippen molar-refractivity contribution in [2.45, 2.75) is 20.5 Å². The summed E-state index contributed by atoms with van der Waals surface area (Å²) >= 11 is 3.43. The lowest BCUT2D eigenvalue weighted by molar-refractivity contribution is 0.0526. The van der Waals surface area contributed by atoms with Crippen LogP contribution < -0.4 is 4.74 Å². The number of hydrogen-bond acceptors (Lipinski definition) is 3. The second kappa shape index (κ2) is 7.27. The third-order valence-corrected chi connectivity index (χ3v) is 3.71. The molecule has 2 aromatic carbocycles. The van der Waals surface area contributed by atoms with Crippen LogP contribution in [0.25, 0.3) is 0 Å². The number of carbonyl (C=O) groups is 1. The minimum Gasteiger partial charge on any atom is -0.488 e. The fourth-order valence-electron chi connectivity index (χ4n) is 1.89. The van der Waals surface area contributed by atoms with Crippen LogP contribution in [0.3, 0.4) is 0 Å². The molecule has 0 radical (unpaired) electrons. The van der Waals surface area contributed by atoms with E-state index in [9.17, 15) is 4.79 Å². The predicted octanol–water partition coefficient (Wildman–Crippen LogP) is 4.51. The van der Waals surface area contributed by atoms with Gasteiger partial charge in [0, 0.05) is 0 Å². The third kappa shape index (κ3) is 4.08. The van der Waals surface area contributed by atoms with Gasteiger partial charge in [-0.3, -0.25) is 0 Å². The molecule has 0 aliphatic carbocycles. The standard InChI is InChI=1S/C17H17BrO3/c1-3-20-17(19)13-8-9-16(15(18)10-13)21-11-14-7-5-4-6-12(14)2/h4-10H,3,11H2,1-2H3. The quantitative estimate of drug-likeness (QED) is 0.745. The first-order valence-corrected chi connectivity index (χ1v) is 7.55. The summed E-state index contributed by atoms with van der Waals surface area (Å²) in [6.07, 6.45) is 0. The molecule has 0 spiro atoms. The van der Waals surface area contributed by atoms with Gasteiger partial charge in [0.15, 0.2) is 0 Å². The first-order valence-electron chi connectivity index (χ1n) is 6.75. The Labute approximate surface area is 133 Å². The average Bonchev–Trinajstić information content (AvgIpc) is 2.47. The van der Waals surface area contributed by atoms with Gasteiger partial charge in [-0.15, -0.1) is 0 Å². The van der Waals surface area contributed by atoms with E-state index in [4.69, 9.17) is 9.47 Å². The predicted molar refractivity (Wildman–Crippen MR) is 85.6 cm³/mol. The van der Waals surface area contributed by atoms with Crippen molar-refractivity contribution in [3.05, 3.63) is 63.6 Å². The summed E-state index contributed by atoms with van der Waals surface area (Å²) in [4.78, 5) is 11.6. The number of aryl methyl sites for hydroxylation is 1. The highest BCUT2D eigenvalue weighted by molar-refractivity contribution is 9.10. The lowest BCUT2D eigenvalue weighted by Crippen LogP contribution is -2.05. The van der Waals surface area contributed by atoms with Crippen molar-refractivity contribution >= 4 is 21.9 Å². The molecule has 3 nitrogen and oxygen atoms in total. The summed E-state index contributed by atoms with van der Waals surface area (Å²) in [7, 11) is 0. The second-order valence-corrected chi connectivity index (χ2v) is 5.44. The van der Waals surface area contributed by atoms with E-state index in [2.05, 4.69) is 28.9 Å². The fourth-order valence-corrected chi connectivity index (χ4v) is 2.38. The topological polar surface area (TPSA) is 35.5 Å². The highest BCUT2D eigenvalue weighted by Gasteiger charge is 2.10. The molecule has 0 aliphatic rings. The monoisotopic (exact) mass is 348 g/mol. The zero-order valence-electron chi connectivity index (χ0n) is 12.1. The van der Waals surface area contributed by atoms with Crippen LogP contribution in [-0.4, -0.2) is 12.6 Å². The van der Waals surface area contributed by atoms with Crippen LogP contribution in [-0.2, 0) is 11.3 Å². The van der Waals surface area contributed by atoms with E-state index in [1.165, 1.54) is 5.56 Å². The van der Waals surface area contributed by atoms with Crippen LogP contribution in [0.1, 0.15) is 28.4 Å². The third-order valence-electron chi connectivity index (χ3n) is 3.09. The summed E-state index contributed by atoms with van der Waals surface area (Å²) in [6, 6.07) is 13.3. The van der Waals surface area contributed by atoms with Crippen LogP contribution >= 0.6 is 15.9 Å². The van der Waals surface area contributed by atoms with Gasteiger partial charge in [-0.1, -0.05) is 24.3 Å². The van der Waals surface area contributed by atoms with E-state index in [0.29, 0.717) is 24.5 Å². The Bertz CT molecular complexity index is 638. The molecule has 2 aromatic rings. The molecule has 4 heteroatoms. The molecule has 0 unspecified atom stereocenters. The van der Waals surface area contributed by atoms with E-state index in [0.717, 1.165) is 10.0 Å². The van der Waals surface area contributed by atoms with Gasteiger partial charge in [0.05, 0.1) is 16.6 Å². The van der Waals surface area contributed by atoms with E-state index in [1.54, 1.807) is 25.1 Å². The molecule has 0 saturated heterocycles. The van der Waals surface area contributed by atoms with Crippen molar-refractivity contribution in [2.24, 2.45) is 0 Å². The molecular weight excluding hydrogens is 332 g/mol. The lowest BCUT2D eigenvalue weighted by Gasteiger charge is -2.11. The Kier molecular flexibility index (Phi) is 5.39. The molecule has 0 N–H and O–H groups in total. The van der Waals surface area contributed by atoms with Crippen LogP contribution in [0.2, 0.25) is 0 Å². The molecule has 0 heterocycles. The molecule has 0 aliphatic heterocycles. The molecule has 0 amide bonds. The van der Waals surface area contributed by atoms with Gasteiger partial charge in [-0.2, -0.15) is 0 Å². The van der Waals surface area contributed by atoms with E-state index in [-0.39, 0.29) is 5.97 Å². The number of rotatable bonds is 5. The molecule has 2 rings (SSSR count). The van der Waals surface area contributed by atoms with Crippen LogP contribution in [0.4, 0.5) is 0 Å². The molecule has 110 valence electrons. The lowest BCUT2D eigenvalue weighted by atomic mass is 10.1. The number of benzene rings is 2. The molecule has 0 saturated carbocycles. The van der Waals surface area contributed by atoms with Crippen molar-refractivity contribution in [1.29, 1.82) is 0 Å². The SMILES string of the molecule is CCOC(=O)c1ccc(OCc2ccccc2C)c(Br)c1. The summed E-state index contributed by atoms with van der Waals surface area (Å²) in [5.74, 6) is 0.370. The van der Waals surface area contributed by atoms with Crippen LogP contribution in [0, 0.1) is 6.92 Å². The molecule has 0 fully saturated rings. The Balaban J connectivity index is 2.08. The van der Waals surface area contributed by atoms with Crippen molar-refractivity contribution in [3.63, 3.8) is 0 Å². The zero-order chi connectivity index (χ0) is 15.2. The van der Waals surface area contributed by atoms with Crippen LogP contribution in [0.15, 0.2) is 46.9 Å². The summed E-state index contributed by atoms with van der Waals surface area (Å²) in [5, 5.41) is 0. The fraction of sp³-hybridized carbons (Fsp3) is 0.235. The maximum atomic E-state index is 11.6. The zero-order valence-corrected chi connectivity index (χ0v) is 13.6. The Morgan fingerprint density at radius 1 is 1.19 bits per heavy atom. The number of hydrogen-bond donors (Lipinski definition) is 0. The molecular formula is C17H17BrO3.